The fourth-order valence-electron chi connectivity index (χ4n) is 1.48. The standard InChI is InChI=1S/C15H14N2O/c18-15(10-9-14-8-4-5-11-16-14)17-12-13-6-2-1-3-7-13/h1-11H,12H2,(H,17,18). The van der Waals surface area contributed by atoms with Crippen LogP contribution in [0.4, 0.5) is 0 Å². The lowest BCUT2D eigenvalue weighted by atomic mass is 10.2. The number of rotatable bonds is 4. The molecular formula is C15H14N2O. The highest BCUT2D eigenvalue weighted by atomic mass is 16.1. The molecule has 1 aromatic heterocycles. The summed E-state index contributed by atoms with van der Waals surface area (Å²) in [5.41, 5.74) is 1.85. The van der Waals surface area contributed by atoms with Crippen molar-refractivity contribution in [3.8, 4) is 0 Å². The van der Waals surface area contributed by atoms with Gasteiger partial charge in [0.1, 0.15) is 0 Å². The minimum atomic E-state index is -0.121. The summed E-state index contributed by atoms with van der Waals surface area (Å²) in [5, 5.41) is 2.82. The van der Waals surface area contributed by atoms with Gasteiger partial charge in [-0.15, -0.1) is 0 Å². The first-order chi connectivity index (χ1) is 8.84. The van der Waals surface area contributed by atoms with E-state index < -0.39 is 0 Å². The SMILES string of the molecule is O=C(C=Cc1ccccn1)NCc1ccccc1. The van der Waals surface area contributed by atoms with Crippen molar-refractivity contribution < 1.29 is 4.79 Å². The summed E-state index contributed by atoms with van der Waals surface area (Å²) in [6.07, 6.45) is 4.88. The van der Waals surface area contributed by atoms with Gasteiger partial charge < -0.3 is 5.32 Å². The van der Waals surface area contributed by atoms with Crippen molar-refractivity contribution in [2.75, 3.05) is 0 Å². The highest BCUT2D eigenvalue weighted by Crippen LogP contribution is 1.98. The number of pyridine rings is 1. The van der Waals surface area contributed by atoms with E-state index in [2.05, 4.69) is 10.3 Å². The van der Waals surface area contributed by atoms with Crippen molar-refractivity contribution in [3.63, 3.8) is 0 Å². The van der Waals surface area contributed by atoms with E-state index in [1.165, 1.54) is 6.08 Å². The number of hydrogen-bond acceptors (Lipinski definition) is 2. The number of carbonyl (C=O) groups is 1. The molecule has 1 heterocycles. The lowest BCUT2D eigenvalue weighted by molar-refractivity contribution is -0.116. The van der Waals surface area contributed by atoms with E-state index in [1.54, 1.807) is 12.3 Å². The molecule has 90 valence electrons. The van der Waals surface area contributed by atoms with Crippen LogP contribution in [0.15, 0.2) is 60.8 Å². The molecule has 2 aromatic rings. The summed E-state index contributed by atoms with van der Waals surface area (Å²) in [4.78, 5) is 15.7. The minimum Gasteiger partial charge on any atom is -0.348 e. The van der Waals surface area contributed by atoms with Gasteiger partial charge in [-0.05, 0) is 23.8 Å². The molecule has 1 amide bonds. The molecule has 1 N–H and O–H groups in total. The second-order valence-corrected chi connectivity index (χ2v) is 3.79. The van der Waals surface area contributed by atoms with Crippen molar-refractivity contribution in [2.45, 2.75) is 6.54 Å². The Labute approximate surface area is 106 Å². The van der Waals surface area contributed by atoms with Crippen molar-refractivity contribution in [1.82, 2.24) is 10.3 Å². The van der Waals surface area contributed by atoms with Crippen molar-refractivity contribution in [2.24, 2.45) is 0 Å². The molecule has 0 fully saturated rings. The third kappa shape index (κ3) is 3.87. The number of amides is 1. The molecule has 1 aromatic carbocycles. The molecule has 3 nitrogen and oxygen atoms in total. The zero-order valence-electron chi connectivity index (χ0n) is 9.91. The van der Waals surface area contributed by atoms with Gasteiger partial charge in [0.05, 0.1) is 5.69 Å². The number of hydrogen-bond donors (Lipinski definition) is 1. The fourth-order valence-corrected chi connectivity index (χ4v) is 1.48. The average Bonchev–Trinajstić information content (AvgIpc) is 2.45. The summed E-state index contributed by atoms with van der Waals surface area (Å²) < 4.78 is 0. The van der Waals surface area contributed by atoms with Gasteiger partial charge in [0.15, 0.2) is 0 Å². The Morgan fingerprint density at radius 3 is 2.61 bits per heavy atom. The van der Waals surface area contributed by atoms with E-state index >= 15 is 0 Å². The molecule has 0 bridgehead atoms. The van der Waals surface area contributed by atoms with Gasteiger partial charge in [-0.25, -0.2) is 0 Å². The Balaban J connectivity index is 1.84. The van der Waals surface area contributed by atoms with Crippen LogP contribution in [0, 0.1) is 0 Å². The first-order valence-corrected chi connectivity index (χ1v) is 5.75. The van der Waals surface area contributed by atoms with Gasteiger partial charge in [0.25, 0.3) is 0 Å². The van der Waals surface area contributed by atoms with E-state index in [-0.39, 0.29) is 5.91 Å². The summed E-state index contributed by atoms with van der Waals surface area (Å²) in [7, 11) is 0. The Morgan fingerprint density at radius 1 is 1.11 bits per heavy atom. The summed E-state index contributed by atoms with van der Waals surface area (Å²) in [6, 6.07) is 15.4. The number of aromatic nitrogens is 1. The van der Waals surface area contributed by atoms with Crippen molar-refractivity contribution in [3.05, 3.63) is 72.1 Å². The molecule has 0 aliphatic carbocycles. The first kappa shape index (κ1) is 12.0. The highest BCUT2D eigenvalue weighted by Gasteiger charge is 1.96. The highest BCUT2D eigenvalue weighted by molar-refractivity contribution is 5.91. The molecule has 0 aliphatic rings. The fraction of sp³-hybridized carbons (Fsp3) is 0.0667. The first-order valence-electron chi connectivity index (χ1n) is 5.75. The normalized spacial score (nSPS) is 10.4. The van der Waals surface area contributed by atoms with Gasteiger partial charge in [-0.1, -0.05) is 36.4 Å². The largest absolute Gasteiger partial charge is 0.348 e. The Bertz CT molecular complexity index is 521. The lowest BCUT2D eigenvalue weighted by Gasteiger charge is -2.01. The molecule has 0 saturated heterocycles. The number of nitrogens with one attached hydrogen (secondary N) is 1. The van der Waals surface area contributed by atoms with Crippen LogP contribution in [0.5, 0.6) is 0 Å². The van der Waals surface area contributed by atoms with Gasteiger partial charge in [0.2, 0.25) is 5.91 Å². The zero-order valence-corrected chi connectivity index (χ0v) is 9.91. The molecular weight excluding hydrogens is 224 g/mol. The molecule has 18 heavy (non-hydrogen) atoms. The van der Waals surface area contributed by atoms with E-state index in [4.69, 9.17) is 0 Å². The molecule has 2 rings (SSSR count). The van der Waals surface area contributed by atoms with Crippen LogP contribution in [0.1, 0.15) is 11.3 Å². The molecule has 0 spiro atoms. The monoisotopic (exact) mass is 238 g/mol. The number of carbonyl (C=O) groups excluding carboxylic acids is 1. The Morgan fingerprint density at radius 2 is 1.89 bits per heavy atom. The third-order valence-electron chi connectivity index (χ3n) is 2.40. The van der Waals surface area contributed by atoms with E-state index in [0.29, 0.717) is 6.54 Å². The Kier molecular flexibility index (Phi) is 4.25. The number of benzene rings is 1. The number of nitrogens with zero attached hydrogens (tertiary/aromatic N) is 1. The third-order valence-corrected chi connectivity index (χ3v) is 2.40. The van der Waals surface area contributed by atoms with Crippen LogP contribution in [0.25, 0.3) is 6.08 Å². The zero-order chi connectivity index (χ0) is 12.6. The maximum absolute atomic E-state index is 11.6. The van der Waals surface area contributed by atoms with E-state index in [9.17, 15) is 4.79 Å². The van der Waals surface area contributed by atoms with Crippen LogP contribution in [-0.4, -0.2) is 10.9 Å². The predicted octanol–water partition coefficient (Wildman–Crippen LogP) is 2.41. The topological polar surface area (TPSA) is 42.0 Å². The molecule has 0 saturated carbocycles. The second-order valence-electron chi connectivity index (χ2n) is 3.79. The van der Waals surface area contributed by atoms with Crippen LogP contribution in [0.2, 0.25) is 0 Å². The van der Waals surface area contributed by atoms with Gasteiger partial charge in [0, 0.05) is 18.8 Å². The van der Waals surface area contributed by atoms with Crippen LogP contribution >= 0.6 is 0 Å². The molecule has 0 aliphatic heterocycles. The second kappa shape index (κ2) is 6.35. The lowest BCUT2D eigenvalue weighted by Crippen LogP contribution is -2.20. The maximum Gasteiger partial charge on any atom is 0.244 e. The quantitative estimate of drug-likeness (QED) is 0.831. The van der Waals surface area contributed by atoms with Crippen molar-refractivity contribution in [1.29, 1.82) is 0 Å². The maximum atomic E-state index is 11.6. The Hall–Kier alpha value is -2.42. The molecule has 0 unspecified atom stereocenters. The predicted molar refractivity (Wildman–Crippen MR) is 71.6 cm³/mol. The van der Waals surface area contributed by atoms with Crippen molar-refractivity contribution >= 4 is 12.0 Å². The minimum absolute atomic E-state index is 0.121. The molecule has 3 heteroatoms. The molecule has 0 radical (unpaired) electrons. The average molecular weight is 238 g/mol. The van der Waals surface area contributed by atoms with E-state index in [1.807, 2.05) is 48.5 Å². The van der Waals surface area contributed by atoms with Gasteiger partial charge in [-0.2, -0.15) is 0 Å². The summed E-state index contributed by atoms with van der Waals surface area (Å²) >= 11 is 0. The summed E-state index contributed by atoms with van der Waals surface area (Å²) in [5.74, 6) is -0.121. The van der Waals surface area contributed by atoms with Crippen LogP contribution < -0.4 is 5.32 Å². The van der Waals surface area contributed by atoms with Gasteiger partial charge in [-0.3, -0.25) is 9.78 Å². The summed E-state index contributed by atoms with van der Waals surface area (Å²) in [6.45, 7) is 0.534. The smallest absolute Gasteiger partial charge is 0.244 e. The van der Waals surface area contributed by atoms with Gasteiger partial charge >= 0.3 is 0 Å². The van der Waals surface area contributed by atoms with E-state index in [0.717, 1.165) is 11.3 Å². The van der Waals surface area contributed by atoms with Crippen LogP contribution in [0.3, 0.4) is 0 Å². The molecule has 0 atom stereocenters. The van der Waals surface area contributed by atoms with Crippen LogP contribution in [-0.2, 0) is 11.3 Å².